The largest absolute Gasteiger partial charge is 0.382 e. The van der Waals surface area contributed by atoms with Crippen LogP contribution in [-0.4, -0.2) is 42.7 Å². The Balaban J connectivity index is 1.52. The summed E-state index contributed by atoms with van der Waals surface area (Å²) in [7, 11) is 3.66. The Hall–Kier alpha value is -4.92. The third-order valence-electron chi connectivity index (χ3n) is 6.63. The molecule has 2 amide bonds. The van der Waals surface area contributed by atoms with Gasteiger partial charge in [0.05, 0.1) is 6.04 Å². The van der Waals surface area contributed by atoms with E-state index in [0.717, 1.165) is 10.9 Å². The van der Waals surface area contributed by atoms with Crippen molar-refractivity contribution in [2.24, 2.45) is 7.05 Å². The van der Waals surface area contributed by atoms with E-state index in [0.29, 0.717) is 39.7 Å². The molecule has 3 aromatic heterocycles. The van der Waals surface area contributed by atoms with Crippen molar-refractivity contribution < 1.29 is 9.59 Å². The Morgan fingerprint density at radius 1 is 1.16 bits per heavy atom. The van der Waals surface area contributed by atoms with Crippen molar-refractivity contribution in [3.8, 4) is 11.3 Å². The van der Waals surface area contributed by atoms with Crippen molar-refractivity contribution >= 4 is 39.7 Å². The van der Waals surface area contributed by atoms with Crippen LogP contribution in [-0.2, 0) is 11.8 Å². The minimum atomic E-state index is -0.368. The number of hydrogen-bond donors (Lipinski definition) is 2. The number of aryl methyl sites for hydroxylation is 1. The van der Waals surface area contributed by atoms with Crippen molar-refractivity contribution in [3.05, 3.63) is 91.2 Å². The van der Waals surface area contributed by atoms with E-state index in [1.165, 1.54) is 6.08 Å². The molecule has 0 aliphatic carbocycles. The van der Waals surface area contributed by atoms with Crippen LogP contribution in [0.2, 0.25) is 0 Å². The molecule has 0 unspecified atom stereocenters. The van der Waals surface area contributed by atoms with E-state index in [1.807, 2.05) is 59.5 Å². The van der Waals surface area contributed by atoms with Gasteiger partial charge in [0.1, 0.15) is 22.9 Å². The maximum absolute atomic E-state index is 13.2. The van der Waals surface area contributed by atoms with Crippen molar-refractivity contribution in [1.82, 2.24) is 23.8 Å². The van der Waals surface area contributed by atoms with Crippen molar-refractivity contribution in [2.75, 3.05) is 18.1 Å². The summed E-state index contributed by atoms with van der Waals surface area (Å²) >= 11 is 0. The molecular weight excluding hydrogens is 466 g/mol. The number of nitrogens with two attached hydrogens (primary N) is 1. The lowest BCUT2D eigenvalue weighted by molar-refractivity contribution is -0.126. The van der Waals surface area contributed by atoms with Crippen LogP contribution < -0.4 is 11.1 Å². The second kappa shape index (κ2) is 9.27. The van der Waals surface area contributed by atoms with Gasteiger partial charge in [-0.2, -0.15) is 0 Å². The zero-order chi connectivity index (χ0) is 26.3. The number of aromatic nitrogens is 4. The molecule has 3 N–H and O–H groups in total. The SMILES string of the molecule is C=CC(=O)N(C)[C@@H](C)c1nc(-c2cccc(C(=O)Nc3ccc4ccn(C)c4c3)c2)c2c(N)nccn12. The molecule has 5 aromatic rings. The number of benzene rings is 2. The zero-order valence-corrected chi connectivity index (χ0v) is 20.8. The summed E-state index contributed by atoms with van der Waals surface area (Å²) in [5, 5.41) is 4.09. The Labute approximate surface area is 213 Å². The summed E-state index contributed by atoms with van der Waals surface area (Å²) in [6, 6.07) is 14.7. The molecule has 0 saturated heterocycles. The first-order valence-corrected chi connectivity index (χ1v) is 11.8. The third kappa shape index (κ3) is 4.20. The van der Waals surface area contributed by atoms with Gasteiger partial charge in [-0.15, -0.1) is 0 Å². The summed E-state index contributed by atoms with van der Waals surface area (Å²) in [5.74, 6) is 0.448. The van der Waals surface area contributed by atoms with E-state index in [9.17, 15) is 9.59 Å². The molecule has 9 heteroatoms. The number of carbonyl (C=O) groups excluding carboxylic acids is 2. The standard InChI is InChI=1S/C28H27N7O2/c1-5-23(36)34(4)17(2)27-32-24(25-26(29)30-12-14-35(25)27)19-7-6-8-20(15-19)28(37)31-21-10-9-18-11-13-33(3)22(18)16-21/h5-17H,1H2,2-4H3,(H2,29,30)(H,31,37)/t17-/m0/s1. The number of nitrogens with zero attached hydrogens (tertiary/aromatic N) is 5. The van der Waals surface area contributed by atoms with Gasteiger partial charge in [-0.25, -0.2) is 9.97 Å². The van der Waals surface area contributed by atoms with Crippen LogP contribution in [0.5, 0.6) is 0 Å². The van der Waals surface area contributed by atoms with E-state index in [4.69, 9.17) is 10.7 Å². The number of fused-ring (bicyclic) bond motifs is 2. The molecule has 5 rings (SSSR count). The van der Waals surface area contributed by atoms with E-state index in [-0.39, 0.29) is 17.9 Å². The molecule has 1 atom stereocenters. The van der Waals surface area contributed by atoms with Gasteiger partial charge in [0, 0.05) is 55.0 Å². The summed E-state index contributed by atoms with van der Waals surface area (Å²) in [6.07, 6.45) is 6.60. The molecule has 0 aliphatic heterocycles. The molecule has 0 aliphatic rings. The van der Waals surface area contributed by atoms with Crippen molar-refractivity contribution in [3.63, 3.8) is 0 Å². The number of amides is 2. The topological polar surface area (TPSA) is 111 Å². The number of hydrogen-bond acceptors (Lipinski definition) is 5. The molecule has 0 bridgehead atoms. The van der Waals surface area contributed by atoms with Crippen LogP contribution in [0.15, 0.2) is 79.8 Å². The Morgan fingerprint density at radius 3 is 2.76 bits per heavy atom. The average molecular weight is 494 g/mol. The fourth-order valence-electron chi connectivity index (χ4n) is 4.44. The summed E-state index contributed by atoms with van der Waals surface area (Å²) in [6.45, 7) is 5.45. The highest BCUT2D eigenvalue weighted by Crippen LogP contribution is 2.32. The van der Waals surface area contributed by atoms with Crippen molar-refractivity contribution in [2.45, 2.75) is 13.0 Å². The monoisotopic (exact) mass is 493 g/mol. The number of imidazole rings is 1. The van der Waals surface area contributed by atoms with E-state index >= 15 is 0 Å². The molecule has 3 heterocycles. The molecule has 0 radical (unpaired) electrons. The van der Waals surface area contributed by atoms with Crippen LogP contribution in [0.1, 0.15) is 29.1 Å². The fourth-order valence-corrected chi connectivity index (χ4v) is 4.44. The van der Waals surface area contributed by atoms with Gasteiger partial charge in [-0.1, -0.05) is 24.8 Å². The van der Waals surface area contributed by atoms with Crippen molar-refractivity contribution in [1.29, 1.82) is 0 Å². The normalized spacial score (nSPS) is 12.0. The van der Waals surface area contributed by atoms with Gasteiger partial charge in [-0.3, -0.25) is 14.0 Å². The van der Waals surface area contributed by atoms with Gasteiger partial charge in [-0.05, 0) is 48.7 Å². The highest BCUT2D eigenvalue weighted by Gasteiger charge is 2.24. The quantitative estimate of drug-likeness (QED) is 0.340. The highest BCUT2D eigenvalue weighted by molar-refractivity contribution is 6.06. The van der Waals surface area contributed by atoms with E-state index in [1.54, 1.807) is 42.5 Å². The van der Waals surface area contributed by atoms with Crippen LogP contribution in [0, 0.1) is 0 Å². The molecule has 0 fully saturated rings. The molecule has 186 valence electrons. The first-order valence-electron chi connectivity index (χ1n) is 11.8. The molecule has 9 nitrogen and oxygen atoms in total. The maximum atomic E-state index is 13.2. The van der Waals surface area contributed by atoms with Crippen LogP contribution in [0.4, 0.5) is 11.5 Å². The lowest BCUT2D eigenvalue weighted by Gasteiger charge is -2.22. The van der Waals surface area contributed by atoms with Gasteiger partial charge in [0.2, 0.25) is 5.91 Å². The van der Waals surface area contributed by atoms with Gasteiger partial charge in [0.15, 0.2) is 0 Å². The predicted molar refractivity (Wildman–Crippen MR) is 145 cm³/mol. The Kier molecular flexibility index (Phi) is 5.96. The molecule has 0 spiro atoms. The van der Waals surface area contributed by atoms with Gasteiger partial charge in [0.25, 0.3) is 5.91 Å². The van der Waals surface area contributed by atoms with Crippen LogP contribution >= 0.6 is 0 Å². The molecule has 37 heavy (non-hydrogen) atoms. The lowest BCUT2D eigenvalue weighted by atomic mass is 10.1. The Morgan fingerprint density at radius 2 is 1.97 bits per heavy atom. The number of carbonyl (C=O) groups is 2. The first kappa shape index (κ1) is 23.8. The number of likely N-dealkylation sites (N-methyl/N-ethyl adjacent to an activating group) is 1. The smallest absolute Gasteiger partial charge is 0.255 e. The van der Waals surface area contributed by atoms with E-state index in [2.05, 4.69) is 16.9 Å². The molecular formula is C28H27N7O2. The zero-order valence-electron chi connectivity index (χ0n) is 20.8. The lowest BCUT2D eigenvalue weighted by Crippen LogP contribution is -2.29. The highest BCUT2D eigenvalue weighted by atomic mass is 16.2. The van der Waals surface area contributed by atoms with Crippen LogP contribution in [0.3, 0.4) is 0 Å². The predicted octanol–water partition coefficient (Wildman–Crippen LogP) is 4.43. The number of rotatable bonds is 6. The molecule has 2 aromatic carbocycles. The van der Waals surface area contributed by atoms with Gasteiger partial charge >= 0.3 is 0 Å². The maximum Gasteiger partial charge on any atom is 0.255 e. The summed E-state index contributed by atoms with van der Waals surface area (Å²) in [5.41, 5.74) is 10.4. The second-order valence-electron chi connectivity index (χ2n) is 8.91. The minimum absolute atomic E-state index is 0.222. The fraction of sp³-hybridized carbons (Fsp3) is 0.143. The summed E-state index contributed by atoms with van der Waals surface area (Å²) < 4.78 is 3.84. The van der Waals surface area contributed by atoms with Crippen LogP contribution in [0.25, 0.3) is 27.7 Å². The molecule has 0 saturated carbocycles. The second-order valence-corrected chi connectivity index (χ2v) is 8.91. The summed E-state index contributed by atoms with van der Waals surface area (Å²) in [4.78, 5) is 36.1. The first-order chi connectivity index (χ1) is 17.8. The number of anilines is 2. The third-order valence-corrected chi connectivity index (χ3v) is 6.63. The minimum Gasteiger partial charge on any atom is -0.382 e. The van der Waals surface area contributed by atoms with E-state index < -0.39 is 0 Å². The van der Waals surface area contributed by atoms with Gasteiger partial charge < -0.3 is 20.5 Å². The Bertz CT molecular complexity index is 1680. The number of nitrogens with one attached hydrogen (secondary N) is 1. The average Bonchev–Trinajstić information content (AvgIpc) is 3.49. The number of nitrogen functional groups attached to an aromatic ring is 1.